The third-order valence-electron chi connectivity index (χ3n) is 5.15. The second-order valence-corrected chi connectivity index (χ2v) is 9.08. The van der Waals surface area contributed by atoms with Gasteiger partial charge in [-0.2, -0.15) is 14.6 Å². The minimum atomic E-state index is -3.58. The van der Waals surface area contributed by atoms with Gasteiger partial charge in [0.25, 0.3) is 5.89 Å². The minimum absolute atomic E-state index is 0.0599. The number of hydrogen-bond acceptors (Lipinski definition) is 6. The van der Waals surface area contributed by atoms with Crippen molar-refractivity contribution in [1.29, 1.82) is 5.26 Å². The van der Waals surface area contributed by atoms with Gasteiger partial charge in [-0.3, -0.25) is 0 Å². The Morgan fingerprint density at radius 1 is 1.14 bits per heavy atom. The Bertz CT molecular complexity index is 1160. The maximum Gasteiger partial charge on any atom is 0.257 e. The molecule has 0 atom stereocenters. The highest BCUT2D eigenvalue weighted by atomic mass is 32.2. The van der Waals surface area contributed by atoms with Crippen LogP contribution in [-0.4, -0.2) is 36.0 Å². The molecule has 148 valence electrons. The molecule has 2 aromatic carbocycles. The highest BCUT2D eigenvalue weighted by Gasteiger charge is 2.31. The van der Waals surface area contributed by atoms with Gasteiger partial charge in [-0.05, 0) is 56.2 Å². The molecule has 0 N–H and O–H groups in total. The lowest BCUT2D eigenvalue weighted by Crippen LogP contribution is -2.38. The van der Waals surface area contributed by atoms with Crippen LogP contribution in [0.2, 0.25) is 0 Å². The molecule has 7 nitrogen and oxygen atoms in total. The maximum absolute atomic E-state index is 12.8. The summed E-state index contributed by atoms with van der Waals surface area (Å²) < 4.78 is 32.6. The highest BCUT2D eigenvalue weighted by Crippen LogP contribution is 2.30. The number of sulfonamides is 1. The first-order valence-electron chi connectivity index (χ1n) is 9.38. The van der Waals surface area contributed by atoms with Crippen molar-refractivity contribution in [2.75, 3.05) is 13.1 Å². The van der Waals surface area contributed by atoms with Gasteiger partial charge in [0.1, 0.15) is 0 Å². The van der Waals surface area contributed by atoms with E-state index in [-0.39, 0.29) is 10.8 Å². The molecule has 1 saturated heterocycles. The zero-order chi connectivity index (χ0) is 20.4. The number of nitriles is 1. The topological polar surface area (TPSA) is 100 Å². The molecule has 1 aliphatic heterocycles. The zero-order valence-electron chi connectivity index (χ0n) is 15.9. The molecule has 0 radical (unpaired) electrons. The smallest absolute Gasteiger partial charge is 0.257 e. The van der Waals surface area contributed by atoms with Gasteiger partial charge in [0.05, 0.1) is 16.5 Å². The molecule has 0 unspecified atom stereocenters. The van der Waals surface area contributed by atoms with E-state index in [9.17, 15) is 8.42 Å². The normalized spacial score (nSPS) is 15.9. The van der Waals surface area contributed by atoms with Crippen molar-refractivity contribution in [2.24, 2.45) is 0 Å². The second kappa shape index (κ2) is 7.78. The van der Waals surface area contributed by atoms with Crippen LogP contribution in [0.3, 0.4) is 0 Å². The monoisotopic (exact) mass is 408 g/mol. The fourth-order valence-electron chi connectivity index (χ4n) is 3.50. The van der Waals surface area contributed by atoms with Crippen LogP contribution in [0.5, 0.6) is 0 Å². The van der Waals surface area contributed by atoms with Crippen LogP contribution >= 0.6 is 0 Å². The van der Waals surface area contributed by atoms with Crippen LogP contribution in [0.1, 0.15) is 35.7 Å². The molecule has 29 heavy (non-hydrogen) atoms. The molecule has 4 rings (SSSR count). The fourth-order valence-corrected chi connectivity index (χ4v) is 4.97. The van der Waals surface area contributed by atoms with Crippen molar-refractivity contribution in [3.05, 3.63) is 65.5 Å². The third kappa shape index (κ3) is 3.92. The van der Waals surface area contributed by atoms with E-state index in [2.05, 4.69) is 10.1 Å². The lowest BCUT2D eigenvalue weighted by atomic mass is 9.97. The molecule has 1 aromatic heterocycles. The van der Waals surface area contributed by atoms with E-state index in [4.69, 9.17) is 9.78 Å². The lowest BCUT2D eigenvalue weighted by molar-refractivity contribution is 0.307. The van der Waals surface area contributed by atoms with Gasteiger partial charge < -0.3 is 4.52 Å². The van der Waals surface area contributed by atoms with Crippen molar-refractivity contribution in [3.63, 3.8) is 0 Å². The summed E-state index contributed by atoms with van der Waals surface area (Å²) in [5, 5.41) is 13.0. The van der Waals surface area contributed by atoms with Crippen LogP contribution < -0.4 is 0 Å². The van der Waals surface area contributed by atoms with Gasteiger partial charge in [0.2, 0.25) is 10.0 Å². The summed E-state index contributed by atoms with van der Waals surface area (Å²) in [6.07, 6.45) is 1.25. The van der Waals surface area contributed by atoms with Gasteiger partial charge in [-0.25, -0.2) is 8.42 Å². The fraction of sp³-hybridized carbons (Fsp3) is 0.286. The summed E-state index contributed by atoms with van der Waals surface area (Å²) in [6.45, 7) is 2.79. The van der Waals surface area contributed by atoms with Crippen molar-refractivity contribution in [3.8, 4) is 17.5 Å². The molecule has 0 spiro atoms. The summed E-state index contributed by atoms with van der Waals surface area (Å²) >= 11 is 0. The van der Waals surface area contributed by atoms with E-state index < -0.39 is 10.0 Å². The minimum Gasteiger partial charge on any atom is -0.334 e. The largest absolute Gasteiger partial charge is 0.334 e. The number of piperidine rings is 1. The Labute approximate surface area is 169 Å². The molecule has 0 aliphatic carbocycles. The van der Waals surface area contributed by atoms with Crippen molar-refractivity contribution in [1.82, 2.24) is 14.4 Å². The van der Waals surface area contributed by atoms with Crippen LogP contribution in [0, 0.1) is 18.3 Å². The zero-order valence-corrected chi connectivity index (χ0v) is 16.8. The average molecular weight is 408 g/mol. The molecular weight excluding hydrogens is 388 g/mol. The number of hydrogen-bond donors (Lipinski definition) is 0. The predicted molar refractivity (Wildman–Crippen MR) is 106 cm³/mol. The molecule has 0 amide bonds. The van der Waals surface area contributed by atoms with E-state index in [1.807, 2.05) is 37.3 Å². The molecule has 1 aliphatic rings. The first kappa shape index (κ1) is 19.3. The van der Waals surface area contributed by atoms with Gasteiger partial charge in [0, 0.05) is 24.6 Å². The maximum atomic E-state index is 12.8. The van der Waals surface area contributed by atoms with E-state index in [1.54, 1.807) is 0 Å². The first-order valence-corrected chi connectivity index (χ1v) is 10.8. The Morgan fingerprint density at radius 2 is 1.86 bits per heavy atom. The SMILES string of the molecule is Cc1cccc(-c2nc(C3CCN(S(=O)(=O)c4ccc(C#N)cc4)CC3)no2)c1. The molecule has 0 saturated carbocycles. The number of rotatable bonds is 4. The summed E-state index contributed by atoms with van der Waals surface area (Å²) in [4.78, 5) is 4.74. The summed E-state index contributed by atoms with van der Waals surface area (Å²) in [6, 6.07) is 15.9. The van der Waals surface area contributed by atoms with Gasteiger partial charge >= 0.3 is 0 Å². The molecule has 1 fully saturated rings. The van der Waals surface area contributed by atoms with Crippen molar-refractivity contribution >= 4 is 10.0 Å². The van der Waals surface area contributed by atoms with Crippen LogP contribution in [0.15, 0.2) is 57.9 Å². The van der Waals surface area contributed by atoms with Gasteiger partial charge in [-0.1, -0.05) is 22.9 Å². The Morgan fingerprint density at radius 3 is 2.52 bits per heavy atom. The third-order valence-corrected chi connectivity index (χ3v) is 7.06. The van der Waals surface area contributed by atoms with Crippen molar-refractivity contribution in [2.45, 2.75) is 30.6 Å². The van der Waals surface area contributed by atoms with E-state index in [0.29, 0.717) is 43.2 Å². The summed E-state index contributed by atoms with van der Waals surface area (Å²) in [5.74, 6) is 1.16. The number of aromatic nitrogens is 2. The number of benzene rings is 2. The van der Waals surface area contributed by atoms with E-state index in [1.165, 1.54) is 28.6 Å². The molecule has 0 bridgehead atoms. The quantitative estimate of drug-likeness (QED) is 0.655. The Kier molecular flexibility index (Phi) is 5.18. The number of nitrogens with zero attached hydrogens (tertiary/aromatic N) is 4. The number of aryl methyl sites for hydroxylation is 1. The van der Waals surface area contributed by atoms with E-state index in [0.717, 1.165) is 11.1 Å². The van der Waals surface area contributed by atoms with Crippen LogP contribution in [0.25, 0.3) is 11.5 Å². The molecule has 8 heteroatoms. The lowest BCUT2D eigenvalue weighted by Gasteiger charge is -2.29. The standard InChI is InChI=1S/C21H20N4O3S/c1-15-3-2-4-18(13-15)21-23-20(24-28-21)17-9-11-25(12-10-17)29(26,27)19-7-5-16(14-22)6-8-19/h2-8,13,17H,9-12H2,1H3. The Hall–Kier alpha value is -3.02. The highest BCUT2D eigenvalue weighted by molar-refractivity contribution is 7.89. The predicted octanol–water partition coefficient (Wildman–Crippen LogP) is 3.49. The van der Waals surface area contributed by atoms with Crippen LogP contribution in [0.4, 0.5) is 0 Å². The second-order valence-electron chi connectivity index (χ2n) is 7.14. The Balaban J connectivity index is 1.45. The van der Waals surface area contributed by atoms with Gasteiger partial charge in [0.15, 0.2) is 5.82 Å². The first-order chi connectivity index (χ1) is 14.0. The molecule has 2 heterocycles. The molecular formula is C21H20N4O3S. The van der Waals surface area contributed by atoms with E-state index >= 15 is 0 Å². The van der Waals surface area contributed by atoms with Crippen molar-refractivity contribution < 1.29 is 12.9 Å². The summed E-state index contributed by atoms with van der Waals surface area (Å²) in [5.41, 5.74) is 2.43. The average Bonchev–Trinajstić information content (AvgIpc) is 3.24. The molecule has 3 aromatic rings. The summed E-state index contributed by atoms with van der Waals surface area (Å²) in [7, 11) is -3.58. The van der Waals surface area contributed by atoms with Gasteiger partial charge in [-0.15, -0.1) is 0 Å². The van der Waals surface area contributed by atoms with Crippen LogP contribution in [-0.2, 0) is 10.0 Å².